The van der Waals surface area contributed by atoms with Crippen molar-refractivity contribution in [3.8, 4) is 5.75 Å². The molecule has 2 heterocycles. The fourth-order valence-electron chi connectivity index (χ4n) is 3.10. The lowest BCUT2D eigenvalue weighted by Gasteiger charge is -2.38. The van der Waals surface area contributed by atoms with E-state index in [0.29, 0.717) is 6.04 Å². The molecule has 0 aliphatic carbocycles. The number of fused-ring (bicyclic) bond motifs is 1. The maximum absolute atomic E-state index is 5.83. The van der Waals surface area contributed by atoms with E-state index in [0.717, 1.165) is 44.3 Å². The third-order valence-corrected chi connectivity index (χ3v) is 3.96. The van der Waals surface area contributed by atoms with Gasteiger partial charge in [0.25, 0.3) is 0 Å². The highest BCUT2D eigenvalue weighted by Crippen LogP contribution is 2.33. The summed E-state index contributed by atoms with van der Waals surface area (Å²) in [5, 5.41) is 3.55. The molecular formula is C15H22N2O. The molecule has 3 rings (SSSR count). The molecule has 0 spiro atoms. The predicted octanol–water partition coefficient (Wildman–Crippen LogP) is 2.27. The summed E-state index contributed by atoms with van der Waals surface area (Å²) in [6, 6.07) is 9.06. The summed E-state index contributed by atoms with van der Waals surface area (Å²) in [6.07, 6.45) is 2.39. The molecular weight excluding hydrogens is 224 g/mol. The number of anilines is 1. The van der Waals surface area contributed by atoms with Gasteiger partial charge >= 0.3 is 0 Å². The number of hydrogen-bond acceptors (Lipinski definition) is 3. The van der Waals surface area contributed by atoms with Crippen LogP contribution in [0.1, 0.15) is 19.8 Å². The molecule has 1 saturated heterocycles. The average Bonchev–Trinajstić information content (AvgIpc) is 2.61. The molecule has 1 fully saturated rings. The molecule has 0 saturated carbocycles. The fraction of sp³-hybridized carbons (Fsp3) is 0.600. The molecule has 2 unspecified atom stereocenters. The van der Waals surface area contributed by atoms with Gasteiger partial charge in [0, 0.05) is 19.1 Å². The van der Waals surface area contributed by atoms with Gasteiger partial charge in [-0.1, -0.05) is 19.1 Å². The average molecular weight is 246 g/mol. The highest BCUT2D eigenvalue weighted by atomic mass is 16.5. The quantitative estimate of drug-likeness (QED) is 0.822. The SMILES string of the molecule is CC1CNCC(N2CCCOc3ccccc32)C1. The Bertz CT molecular complexity index is 407. The van der Waals surface area contributed by atoms with Crippen molar-refractivity contribution >= 4 is 5.69 Å². The van der Waals surface area contributed by atoms with Crippen molar-refractivity contribution in [3.63, 3.8) is 0 Å². The number of nitrogens with zero attached hydrogens (tertiary/aromatic N) is 1. The van der Waals surface area contributed by atoms with Crippen LogP contribution in [0.5, 0.6) is 5.75 Å². The van der Waals surface area contributed by atoms with Gasteiger partial charge in [0.05, 0.1) is 12.3 Å². The van der Waals surface area contributed by atoms with Crippen molar-refractivity contribution in [1.29, 1.82) is 0 Å². The van der Waals surface area contributed by atoms with Gasteiger partial charge in [-0.25, -0.2) is 0 Å². The number of hydrogen-bond donors (Lipinski definition) is 1. The summed E-state index contributed by atoms with van der Waals surface area (Å²) < 4.78 is 5.83. The highest BCUT2D eigenvalue weighted by Gasteiger charge is 2.27. The van der Waals surface area contributed by atoms with Gasteiger partial charge in [-0.05, 0) is 37.4 Å². The van der Waals surface area contributed by atoms with Crippen molar-refractivity contribution in [2.24, 2.45) is 5.92 Å². The Morgan fingerprint density at radius 3 is 3.06 bits per heavy atom. The zero-order chi connectivity index (χ0) is 12.4. The van der Waals surface area contributed by atoms with Crippen LogP contribution in [0, 0.1) is 5.92 Å². The fourth-order valence-corrected chi connectivity index (χ4v) is 3.10. The minimum Gasteiger partial charge on any atom is -0.491 e. The van der Waals surface area contributed by atoms with Gasteiger partial charge in [0.2, 0.25) is 0 Å². The van der Waals surface area contributed by atoms with Crippen LogP contribution < -0.4 is 15.0 Å². The number of rotatable bonds is 1. The Kier molecular flexibility index (Phi) is 3.41. The number of nitrogens with one attached hydrogen (secondary N) is 1. The lowest BCUT2D eigenvalue weighted by atomic mass is 9.96. The Labute approximate surface area is 109 Å². The highest BCUT2D eigenvalue weighted by molar-refractivity contribution is 5.59. The molecule has 3 heteroatoms. The first-order valence-corrected chi connectivity index (χ1v) is 7.04. The smallest absolute Gasteiger partial charge is 0.142 e. The lowest BCUT2D eigenvalue weighted by molar-refractivity contribution is 0.319. The number of piperidine rings is 1. The molecule has 3 nitrogen and oxygen atoms in total. The second kappa shape index (κ2) is 5.19. The summed E-state index contributed by atoms with van der Waals surface area (Å²) in [5.41, 5.74) is 1.27. The van der Waals surface area contributed by atoms with Crippen molar-refractivity contribution in [2.75, 3.05) is 31.1 Å². The van der Waals surface area contributed by atoms with E-state index in [4.69, 9.17) is 4.74 Å². The van der Waals surface area contributed by atoms with Gasteiger partial charge in [0.1, 0.15) is 5.75 Å². The second-order valence-electron chi connectivity index (χ2n) is 5.52. The Morgan fingerprint density at radius 1 is 1.28 bits per heavy atom. The van der Waals surface area contributed by atoms with Crippen LogP contribution in [0.25, 0.3) is 0 Å². The zero-order valence-corrected chi connectivity index (χ0v) is 11.1. The molecule has 1 aromatic carbocycles. The molecule has 2 aliphatic rings. The molecule has 0 aromatic heterocycles. The van der Waals surface area contributed by atoms with Gasteiger partial charge in [-0.15, -0.1) is 0 Å². The van der Waals surface area contributed by atoms with Gasteiger partial charge in [0.15, 0.2) is 0 Å². The van der Waals surface area contributed by atoms with E-state index in [9.17, 15) is 0 Å². The molecule has 0 amide bonds. The first-order chi connectivity index (χ1) is 8.84. The molecule has 2 atom stereocenters. The third-order valence-electron chi connectivity index (χ3n) is 3.96. The second-order valence-corrected chi connectivity index (χ2v) is 5.52. The van der Waals surface area contributed by atoms with Crippen molar-refractivity contribution in [2.45, 2.75) is 25.8 Å². The molecule has 0 radical (unpaired) electrons. The van der Waals surface area contributed by atoms with Crippen molar-refractivity contribution in [1.82, 2.24) is 5.32 Å². The van der Waals surface area contributed by atoms with Crippen LogP contribution in [0.15, 0.2) is 24.3 Å². The van der Waals surface area contributed by atoms with Crippen molar-refractivity contribution in [3.05, 3.63) is 24.3 Å². The van der Waals surface area contributed by atoms with Crippen LogP contribution in [0.4, 0.5) is 5.69 Å². The van der Waals surface area contributed by atoms with E-state index in [1.165, 1.54) is 12.1 Å². The molecule has 1 N–H and O–H groups in total. The number of benzene rings is 1. The largest absolute Gasteiger partial charge is 0.491 e. The standard InChI is InChI=1S/C15H22N2O/c1-12-9-13(11-16-10-12)17-7-4-8-18-15-6-3-2-5-14(15)17/h2-3,5-6,12-13,16H,4,7-11H2,1H3. The van der Waals surface area contributed by atoms with E-state index in [2.05, 4.69) is 41.4 Å². The molecule has 2 aliphatic heterocycles. The van der Waals surface area contributed by atoms with Crippen LogP contribution in [0.3, 0.4) is 0 Å². The first-order valence-electron chi connectivity index (χ1n) is 7.04. The van der Waals surface area contributed by atoms with E-state index in [-0.39, 0.29) is 0 Å². The maximum atomic E-state index is 5.83. The van der Waals surface area contributed by atoms with Gasteiger partial charge in [-0.2, -0.15) is 0 Å². The van der Waals surface area contributed by atoms with Crippen LogP contribution >= 0.6 is 0 Å². The van der Waals surface area contributed by atoms with Gasteiger partial charge < -0.3 is 15.0 Å². The lowest BCUT2D eigenvalue weighted by Crippen LogP contribution is -2.49. The Morgan fingerprint density at radius 2 is 2.17 bits per heavy atom. The van der Waals surface area contributed by atoms with E-state index in [1.807, 2.05) is 0 Å². The molecule has 98 valence electrons. The summed E-state index contributed by atoms with van der Waals surface area (Å²) in [6.45, 7) is 6.53. The zero-order valence-electron chi connectivity index (χ0n) is 11.1. The maximum Gasteiger partial charge on any atom is 0.142 e. The summed E-state index contributed by atoms with van der Waals surface area (Å²) in [4.78, 5) is 2.55. The van der Waals surface area contributed by atoms with Crippen LogP contribution in [-0.2, 0) is 0 Å². The third kappa shape index (κ3) is 2.32. The summed E-state index contributed by atoms with van der Waals surface area (Å²) in [5.74, 6) is 1.81. The monoisotopic (exact) mass is 246 g/mol. The molecule has 18 heavy (non-hydrogen) atoms. The van der Waals surface area contributed by atoms with E-state index < -0.39 is 0 Å². The topological polar surface area (TPSA) is 24.5 Å². The first kappa shape index (κ1) is 11.8. The number of para-hydroxylation sites is 2. The summed E-state index contributed by atoms with van der Waals surface area (Å²) in [7, 11) is 0. The predicted molar refractivity (Wildman–Crippen MR) is 74.3 cm³/mol. The minimum atomic E-state index is 0.608. The molecule has 0 bridgehead atoms. The molecule has 1 aromatic rings. The normalized spacial score (nSPS) is 28.2. The Hall–Kier alpha value is -1.22. The van der Waals surface area contributed by atoms with Gasteiger partial charge in [-0.3, -0.25) is 0 Å². The summed E-state index contributed by atoms with van der Waals surface area (Å²) >= 11 is 0. The number of ether oxygens (including phenoxy) is 1. The van der Waals surface area contributed by atoms with Crippen LogP contribution in [-0.4, -0.2) is 32.3 Å². The van der Waals surface area contributed by atoms with E-state index in [1.54, 1.807) is 0 Å². The van der Waals surface area contributed by atoms with Crippen molar-refractivity contribution < 1.29 is 4.74 Å². The van der Waals surface area contributed by atoms with Crippen LogP contribution in [0.2, 0.25) is 0 Å². The Balaban J connectivity index is 1.86. The van der Waals surface area contributed by atoms with E-state index >= 15 is 0 Å². The minimum absolute atomic E-state index is 0.608.